The van der Waals surface area contributed by atoms with E-state index in [-0.39, 0.29) is 44.3 Å². The SMILES string of the molecule is O=C(C[NH+]1CCN(S(=O)(=O)c2ccccc2C(F)(F)F)CC1)Nc1ccc2[nH]c(=O)[nH]c2c1. The van der Waals surface area contributed by atoms with E-state index in [9.17, 15) is 31.2 Å². The Balaban J connectivity index is 1.37. The largest absolute Gasteiger partial charge is 0.417 e. The van der Waals surface area contributed by atoms with Crippen molar-refractivity contribution in [3.8, 4) is 0 Å². The Morgan fingerprint density at radius 2 is 1.73 bits per heavy atom. The molecule has 2 heterocycles. The Kier molecular flexibility index (Phi) is 6.03. The van der Waals surface area contributed by atoms with E-state index >= 15 is 0 Å². The summed E-state index contributed by atoms with van der Waals surface area (Å²) in [6.45, 7) is 0.589. The number of hydrogen-bond acceptors (Lipinski definition) is 4. The quantitative estimate of drug-likeness (QED) is 0.419. The smallest absolute Gasteiger partial charge is 0.325 e. The van der Waals surface area contributed by atoms with E-state index in [0.717, 1.165) is 27.4 Å². The summed E-state index contributed by atoms with van der Waals surface area (Å²) >= 11 is 0. The molecule has 0 spiro atoms. The summed E-state index contributed by atoms with van der Waals surface area (Å²) in [5.41, 5.74) is 0.0896. The standard InChI is InChI=1S/C20H20F3N5O4S/c21-20(22,23)14-3-1-2-4-17(14)33(31,32)28-9-7-27(8-10-28)12-18(29)24-13-5-6-15-16(11-13)26-19(30)25-15/h1-6,11H,7-10,12H2,(H,24,29)(H2,25,26,30)/p+1. The molecule has 0 saturated carbocycles. The zero-order chi connectivity index (χ0) is 23.8. The van der Waals surface area contributed by atoms with Crippen LogP contribution in [0.1, 0.15) is 5.56 Å². The number of hydrogen-bond donors (Lipinski definition) is 4. The number of rotatable bonds is 5. The highest BCUT2D eigenvalue weighted by Gasteiger charge is 2.40. The van der Waals surface area contributed by atoms with E-state index in [0.29, 0.717) is 16.7 Å². The number of H-pyrrole nitrogens is 2. The molecule has 176 valence electrons. The van der Waals surface area contributed by atoms with Gasteiger partial charge in [-0.3, -0.25) is 4.79 Å². The minimum Gasteiger partial charge on any atom is -0.325 e. The highest BCUT2D eigenvalue weighted by Crippen LogP contribution is 2.35. The molecule has 0 radical (unpaired) electrons. The number of carbonyl (C=O) groups excluding carboxylic acids is 1. The van der Waals surface area contributed by atoms with Crippen LogP contribution in [-0.4, -0.2) is 61.3 Å². The third-order valence-electron chi connectivity index (χ3n) is 5.45. The van der Waals surface area contributed by atoms with Crippen molar-refractivity contribution in [1.29, 1.82) is 0 Å². The van der Waals surface area contributed by atoms with E-state index in [1.54, 1.807) is 18.2 Å². The van der Waals surface area contributed by atoms with Gasteiger partial charge in [-0.25, -0.2) is 13.2 Å². The van der Waals surface area contributed by atoms with Crippen molar-refractivity contribution in [3.63, 3.8) is 0 Å². The van der Waals surface area contributed by atoms with Gasteiger partial charge in [-0.1, -0.05) is 12.1 Å². The van der Waals surface area contributed by atoms with Gasteiger partial charge in [-0.2, -0.15) is 17.5 Å². The molecule has 0 bridgehead atoms. The predicted octanol–water partition coefficient (Wildman–Crippen LogP) is 0.403. The normalized spacial score (nSPS) is 16.2. The van der Waals surface area contributed by atoms with Crippen molar-refractivity contribution in [2.24, 2.45) is 0 Å². The average Bonchev–Trinajstić information content (AvgIpc) is 3.13. The fraction of sp³-hybridized carbons (Fsp3) is 0.300. The second-order valence-corrected chi connectivity index (χ2v) is 9.62. The number of quaternary nitrogens is 1. The average molecular weight is 484 g/mol. The number of sulfonamides is 1. The predicted molar refractivity (Wildman–Crippen MR) is 113 cm³/mol. The molecular formula is C20H21F3N5O4S+. The molecule has 1 saturated heterocycles. The highest BCUT2D eigenvalue weighted by atomic mass is 32.2. The number of imidazole rings is 1. The van der Waals surface area contributed by atoms with Crippen LogP contribution in [0, 0.1) is 0 Å². The molecular weight excluding hydrogens is 463 g/mol. The molecule has 4 N–H and O–H groups in total. The van der Waals surface area contributed by atoms with Gasteiger partial charge in [0.2, 0.25) is 10.0 Å². The van der Waals surface area contributed by atoms with Gasteiger partial charge < -0.3 is 20.2 Å². The third kappa shape index (κ3) is 4.94. The summed E-state index contributed by atoms with van der Waals surface area (Å²) in [4.78, 5) is 29.0. The first-order valence-electron chi connectivity index (χ1n) is 10.1. The maximum absolute atomic E-state index is 13.3. The number of alkyl halides is 3. The fourth-order valence-corrected chi connectivity index (χ4v) is 5.48. The van der Waals surface area contributed by atoms with Gasteiger partial charge in [0.1, 0.15) is 0 Å². The van der Waals surface area contributed by atoms with Crippen molar-refractivity contribution in [1.82, 2.24) is 14.3 Å². The Labute approximate surface area is 186 Å². The lowest BCUT2D eigenvalue weighted by Crippen LogP contribution is -3.15. The molecule has 33 heavy (non-hydrogen) atoms. The minimum absolute atomic E-state index is 0.00627. The first-order chi connectivity index (χ1) is 15.5. The molecule has 0 unspecified atom stereocenters. The molecule has 1 aromatic heterocycles. The second kappa shape index (κ2) is 8.65. The summed E-state index contributed by atoms with van der Waals surface area (Å²) in [5.74, 6) is -0.305. The van der Waals surface area contributed by atoms with Gasteiger partial charge in [0.15, 0.2) is 6.54 Å². The van der Waals surface area contributed by atoms with Crippen LogP contribution in [0.25, 0.3) is 11.0 Å². The number of piperazine rings is 1. The molecule has 1 fully saturated rings. The zero-order valence-corrected chi connectivity index (χ0v) is 18.0. The van der Waals surface area contributed by atoms with Gasteiger partial charge in [0.05, 0.1) is 47.7 Å². The van der Waals surface area contributed by atoms with E-state index in [2.05, 4.69) is 15.3 Å². The van der Waals surface area contributed by atoms with E-state index in [4.69, 9.17) is 0 Å². The monoisotopic (exact) mass is 484 g/mol. The van der Waals surface area contributed by atoms with E-state index < -0.39 is 26.7 Å². The number of nitrogens with one attached hydrogen (secondary N) is 4. The molecule has 0 aliphatic carbocycles. The zero-order valence-electron chi connectivity index (χ0n) is 17.2. The topological polar surface area (TPSA) is 120 Å². The number of aromatic nitrogens is 2. The first-order valence-corrected chi connectivity index (χ1v) is 11.5. The van der Waals surface area contributed by atoms with E-state index in [1.165, 1.54) is 6.07 Å². The second-order valence-electron chi connectivity index (χ2n) is 7.71. The lowest BCUT2D eigenvalue weighted by Gasteiger charge is -2.31. The lowest BCUT2D eigenvalue weighted by molar-refractivity contribution is -0.895. The van der Waals surface area contributed by atoms with Gasteiger partial charge in [-0.15, -0.1) is 0 Å². The van der Waals surface area contributed by atoms with Gasteiger partial charge >= 0.3 is 11.9 Å². The van der Waals surface area contributed by atoms with Crippen LogP contribution < -0.4 is 15.9 Å². The van der Waals surface area contributed by atoms with Crippen LogP contribution in [0.15, 0.2) is 52.2 Å². The Bertz CT molecular complexity index is 1340. The Morgan fingerprint density at radius 1 is 1.06 bits per heavy atom. The maximum Gasteiger partial charge on any atom is 0.417 e. The number of fused-ring (bicyclic) bond motifs is 1. The minimum atomic E-state index is -4.79. The fourth-order valence-electron chi connectivity index (χ4n) is 3.83. The summed E-state index contributed by atoms with van der Waals surface area (Å²) in [6.07, 6.45) is -4.79. The number of carbonyl (C=O) groups is 1. The number of aromatic amines is 2. The number of halogens is 3. The third-order valence-corrected chi connectivity index (χ3v) is 7.41. The van der Waals surface area contributed by atoms with Gasteiger partial charge in [-0.05, 0) is 30.3 Å². The molecule has 1 aliphatic heterocycles. The van der Waals surface area contributed by atoms with Gasteiger partial charge in [0.25, 0.3) is 5.91 Å². The number of nitrogens with zero attached hydrogens (tertiary/aromatic N) is 1. The van der Waals surface area contributed by atoms with Crippen molar-refractivity contribution in [3.05, 3.63) is 58.5 Å². The molecule has 3 aromatic rings. The number of amides is 1. The van der Waals surface area contributed by atoms with E-state index in [1.807, 2.05) is 0 Å². The van der Waals surface area contributed by atoms with Crippen molar-refractivity contribution < 1.29 is 31.3 Å². The molecule has 1 amide bonds. The molecule has 2 aromatic carbocycles. The molecule has 1 aliphatic rings. The van der Waals surface area contributed by atoms with Crippen molar-refractivity contribution in [2.75, 3.05) is 38.0 Å². The molecule has 0 atom stereocenters. The van der Waals surface area contributed by atoms with Crippen LogP contribution in [0.3, 0.4) is 0 Å². The van der Waals surface area contributed by atoms with Crippen molar-refractivity contribution >= 4 is 32.7 Å². The number of benzene rings is 2. The van der Waals surface area contributed by atoms with Crippen LogP contribution in [0.2, 0.25) is 0 Å². The Morgan fingerprint density at radius 3 is 2.42 bits per heavy atom. The first kappa shape index (κ1) is 23.0. The van der Waals surface area contributed by atoms with Gasteiger partial charge in [0, 0.05) is 5.69 Å². The summed E-state index contributed by atoms with van der Waals surface area (Å²) in [5, 5.41) is 2.73. The van der Waals surface area contributed by atoms with Crippen LogP contribution in [-0.2, 0) is 21.0 Å². The van der Waals surface area contributed by atoms with Crippen LogP contribution in [0.4, 0.5) is 18.9 Å². The summed E-state index contributed by atoms with van der Waals surface area (Å²) in [7, 11) is -4.33. The lowest BCUT2D eigenvalue weighted by atomic mass is 10.2. The van der Waals surface area contributed by atoms with Crippen molar-refractivity contribution in [2.45, 2.75) is 11.1 Å². The highest BCUT2D eigenvalue weighted by molar-refractivity contribution is 7.89. The molecule has 13 heteroatoms. The maximum atomic E-state index is 13.3. The van der Waals surface area contributed by atoms with Crippen LogP contribution in [0.5, 0.6) is 0 Å². The Hall–Kier alpha value is -3.16. The van der Waals surface area contributed by atoms with Crippen LogP contribution >= 0.6 is 0 Å². The summed E-state index contributed by atoms with van der Waals surface area (Å²) in [6, 6.07) is 9.02. The number of anilines is 1. The molecule has 4 rings (SSSR count). The summed E-state index contributed by atoms with van der Waals surface area (Å²) < 4.78 is 66.5. The molecule has 9 nitrogen and oxygen atoms in total.